The van der Waals surface area contributed by atoms with Crippen molar-refractivity contribution in [3.63, 3.8) is 0 Å². The molecule has 1 aliphatic rings. The molecule has 1 aliphatic carbocycles. The topological polar surface area (TPSA) is 61.2 Å². The van der Waals surface area contributed by atoms with Gasteiger partial charge in [-0.05, 0) is 49.1 Å². The van der Waals surface area contributed by atoms with Crippen molar-refractivity contribution in [3.05, 3.63) is 42.7 Å². The van der Waals surface area contributed by atoms with E-state index in [1.54, 1.807) is 0 Å². The Labute approximate surface area is 176 Å². The molecule has 4 rings (SSSR count). The molecule has 1 fully saturated rings. The third-order valence-electron chi connectivity index (χ3n) is 5.27. The van der Waals surface area contributed by atoms with Crippen LogP contribution in [-0.2, 0) is 4.18 Å². The number of fused-ring (bicyclic) bond motifs is 1. The van der Waals surface area contributed by atoms with Crippen LogP contribution in [0.3, 0.4) is 0 Å². The van der Waals surface area contributed by atoms with Gasteiger partial charge in [0.05, 0.1) is 18.7 Å². The average molecular weight is 413 g/mol. The van der Waals surface area contributed by atoms with Crippen molar-refractivity contribution in [1.29, 1.82) is 0 Å². The van der Waals surface area contributed by atoms with Crippen molar-refractivity contribution in [2.75, 3.05) is 24.8 Å². The minimum atomic E-state index is 0.482. The third kappa shape index (κ3) is 5.03. The van der Waals surface area contributed by atoms with Gasteiger partial charge in [0.25, 0.3) is 0 Å². The summed E-state index contributed by atoms with van der Waals surface area (Å²) in [6.45, 7) is 1.32. The summed E-state index contributed by atoms with van der Waals surface area (Å²) >= 11 is 1.39. The fourth-order valence-electron chi connectivity index (χ4n) is 3.83. The van der Waals surface area contributed by atoms with E-state index in [1.807, 2.05) is 36.8 Å². The Morgan fingerprint density at radius 2 is 2.03 bits per heavy atom. The molecule has 0 bridgehead atoms. The second-order valence-corrected chi connectivity index (χ2v) is 7.85. The van der Waals surface area contributed by atoms with Crippen molar-refractivity contribution in [2.24, 2.45) is 0 Å². The maximum Gasteiger partial charge on any atom is 0.224 e. The first-order valence-electron chi connectivity index (χ1n) is 10.3. The fraction of sp³-hybridized carbons (Fsp3) is 0.455. The molecule has 0 atom stereocenters. The largest absolute Gasteiger partial charge is 0.493 e. The highest BCUT2D eigenvalue weighted by Crippen LogP contribution is 2.29. The molecule has 2 aromatic heterocycles. The van der Waals surface area contributed by atoms with Gasteiger partial charge in [-0.1, -0.05) is 25.3 Å². The van der Waals surface area contributed by atoms with Gasteiger partial charge in [0, 0.05) is 36.5 Å². The quantitative estimate of drug-likeness (QED) is 0.384. The van der Waals surface area contributed by atoms with E-state index in [1.165, 1.54) is 44.1 Å². The molecule has 1 aromatic carbocycles. The highest BCUT2D eigenvalue weighted by atomic mass is 32.2. The van der Waals surface area contributed by atoms with Crippen molar-refractivity contribution in [2.45, 2.75) is 44.6 Å². The number of aromatic nitrogens is 3. The molecule has 0 amide bonds. The standard InChI is InChI=1S/C22H28N4O2S/c1-29-28-16-6-15-27-20-10-5-9-19-18(20)12-14-26(19)21-11-13-23-22(25-21)24-17-7-3-2-4-8-17/h5,9-14,17H,2-4,6-8,15-16H2,1H3,(H,23,24,25). The molecule has 154 valence electrons. The van der Waals surface area contributed by atoms with Crippen LogP contribution in [-0.4, -0.2) is 40.0 Å². The number of nitrogens with one attached hydrogen (secondary N) is 1. The summed E-state index contributed by atoms with van der Waals surface area (Å²) < 4.78 is 13.4. The van der Waals surface area contributed by atoms with Crippen molar-refractivity contribution < 1.29 is 8.92 Å². The summed E-state index contributed by atoms with van der Waals surface area (Å²) in [5.41, 5.74) is 1.07. The third-order valence-corrected chi connectivity index (χ3v) is 5.67. The number of hydrogen-bond acceptors (Lipinski definition) is 6. The first kappa shape index (κ1) is 20.0. The van der Waals surface area contributed by atoms with E-state index in [0.717, 1.165) is 28.9 Å². The lowest BCUT2D eigenvalue weighted by atomic mass is 9.96. The number of rotatable bonds is 9. The van der Waals surface area contributed by atoms with Gasteiger partial charge in [0.2, 0.25) is 5.95 Å². The van der Waals surface area contributed by atoms with Gasteiger partial charge in [0.1, 0.15) is 11.6 Å². The van der Waals surface area contributed by atoms with Crippen LogP contribution < -0.4 is 10.1 Å². The SMILES string of the molecule is CSOCCCOc1cccc2c1ccn2-c1ccnc(NC2CCCCC2)n1. The molecule has 0 spiro atoms. The summed E-state index contributed by atoms with van der Waals surface area (Å²) in [6, 6.07) is 10.6. The van der Waals surface area contributed by atoms with Crippen molar-refractivity contribution >= 4 is 28.9 Å². The molecular formula is C22H28N4O2S. The molecule has 6 nitrogen and oxygen atoms in total. The fourth-order valence-corrected chi connectivity index (χ4v) is 4.12. The molecule has 7 heteroatoms. The summed E-state index contributed by atoms with van der Waals surface area (Å²) in [7, 11) is 0. The van der Waals surface area contributed by atoms with Crippen LogP contribution in [0.15, 0.2) is 42.7 Å². The molecule has 29 heavy (non-hydrogen) atoms. The van der Waals surface area contributed by atoms with Crippen LogP contribution in [0.4, 0.5) is 5.95 Å². The molecule has 0 saturated heterocycles. The van der Waals surface area contributed by atoms with Gasteiger partial charge in [-0.3, -0.25) is 0 Å². The van der Waals surface area contributed by atoms with E-state index >= 15 is 0 Å². The van der Waals surface area contributed by atoms with Crippen LogP contribution in [0.5, 0.6) is 5.75 Å². The zero-order valence-electron chi connectivity index (χ0n) is 16.8. The van der Waals surface area contributed by atoms with Crippen LogP contribution in [0, 0.1) is 0 Å². The Bertz CT molecular complexity index is 924. The zero-order valence-corrected chi connectivity index (χ0v) is 17.7. The number of hydrogen-bond donors (Lipinski definition) is 1. The maximum atomic E-state index is 5.99. The second kappa shape index (κ2) is 9.98. The average Bonchev–Trinajstić information content (AvgIpc) is 3.20. The molecule has 0 aliphatic heterocycles. The molecule has 0 radical (unpaired) electrons. The number of nitrogens with zero attached hydrogens (tertiary/aromatic N) is 3. The van der Waals surface area contributed by atoms with Crippen molar-refractivity contribution in [3.8, 4) is 11.6 Å². The lowest BCUT2D eigenvalue weighted by Gasteiger charge is -2.22. The normalized spacial score (nSPS) is 14.9. The summed E-state index contributed by atoms with van der Waals surface area (Å²) in [4.78, 5) is 9.20. The molecule has 1 N–H and O–H groups in total. The summed E-state index contributed by atoms with van der Waals surface area (Å²) in [5.74, 6) is 2.45. The smallest absolute Gasteiger partial charge is 0.224 e. The monoisotopic (exact) mass is 412 g/mol. The second-order valence-electron chi connectivity index (χ2n) is 7.28. The van der Waals surface area contributed by atoms with Crippen LogP contribution in [0.1, 0.15) is 38.5 Å². The van der Waals surface area contributed by atoms with Gasteiger partial charge in [-0.2, -0.15) is 4.98 Å². The molecule has 3 aromatic rings. The Morgan fingerprint density at radius 3 is 2.90 bits per heavy atom. The Hall–Kier alpha value is -2.25. The molecule has 2 heterocycles. The number of benzene rings is 1. The van der Waals surface area contributed by atoms with Gasteiger partial charge >= 0.3 is 0 Å². The Morgan fingerprint density at radius 1 is 1.14 bits per heavy atom. The molecule has 1 saturated carbocycles. The van der Waals surface area contributed by atoms with E-state index in [4.69, 9.17) is 13.9 Å². The maximum absolute atomic E-state index is 5.99. The van der Waals surface area contributed by atoms with Crippen LogP contribution >= 0.6 is 12.0 Å². The van der Waals surface area contributed by atoms with Crippen LogP contribution in [0.2, 0.25) is 0 Å². The highest BCUT2D eigenvalue weighted by molar-refractivity contribution is 7.93. The minimum Gasteiger partial charge on any atom is -0.493 e. The van der Waals surface area contributed by atoms with E-state index in [9.17, 15) is 0 Å². The predicted octanol–water partition coefficient (Wildman–Crippen LogP) is 5.23. The first-order valence-corrected chi connectivity index (χ1v) is 11.5. The number of anilines is 1. The van der Waals surface area contributed by atoms with Gasteiger partial charge in [-0.15, -0.1) is 0 Å². The molecular weight excluding hydrogens is 384 g/mol. The minimum absolute atomic E-state index is 0.482. The molecule has 0 unspecified atom stereocenters. The van der Waals surface area contributed by atoms with E-state index in [0.29, 0.717) is 25.2 Å². The Kier molecular flexibility index (Phi) is 6.90. The van der Waals surface area contributed by atoms with Crippen molar-refractivity contribution in [1.82, 2.24) is 14.5 Å². The summed E-state index contributed by atoms with van der Waals surface area (Å²) in [6.07, 6.45) is 13.0. The van der Waals surface area contributed by atoms with Crippen LogP contribution in [0.25, 0.3) is 16.7 Å². The predicted molar refractivity (Wildman–Crippen MR) is 119 cm³/mol. The van der Waals surface area contributed by atoms with E-state index < -0.39 is 0 Å². The number of ether oxygens (including phenoxy) is 1. The first-order chi connectivity index (χ1) is 14.3. The zero-order chi connectivity index (χ0) is 19.9. The van der Waals surface area contributed by atoms with E-state index in [-0.39, 0.29) is 0 Å². The lowest BCUT2D eigenvalue weighted by molar-refractivity contribution is 0.269. The Balaban J connectivity index is 1.50. The lowest BCUT2D eigenvalue weighted by Crippen LogP contribution is -2.23. The van der Waals surface area contributed by atoms with Gasteiger partial charge in [0.15, 0.2) is 0 Å². The van der Waals surface area contributed by atoms with Gasteiger partial charge in [-0.25, -0.2) is 4.98 Å². The highest BCUT2D eigenvalue weighted by Gasteiger charge is 2.15. The van der Waals surface area contributed by atoms with E-state index in [2.05, 4.69) is 27.0 Å². The van der Waals surface area contributed by atoms with Gasteiger partial charge < -0.3 is 18.8 Å². The summed E-state index contributed by atoms with van der Waals surface area (Å²) in [5, 5.41) is 4.60.